The van der Waals surface area contributed by atoms with Crippen LogP contribution in [0.5, 0.6) is 5.75 Å². The molecule has 0 saturated carbocycles. The van der Waals surface area contributed by atoms with Gasteiger partial charge in [-0.15, -0.1) is 0 Å². The summed E-state index contributed by atoms with van der Waals surface area (Å²) < 4.78 is 53.6. The van der Waals surface area contributed by atoms with Gasteiger partial charge in [-0.25, -0.2) is 8.42 Å². The van der Waals surface area contributed by atoms with Crippen LogP contribution in [0.25, 0.3) is 0 Å². The third-order valence-corrected chi connectivity index (χ3v) is 6.12. The summed E-state index contributed by atoms with van der Waals surface area (Å²) in [4.78, 5) is -0.258. The maximum Gasteiger partial charge on any atom is 0.339 e. The highest BCUT2D eigenvalue weighted by molar-refractivity contribution is 7.90. The van der Waals surface area contributed by atoms with Gasteiger partial charge in [0, 0.05) is 6.26 Å². The van der Waals surface area contributed by atoms with Crippen LogP contribution in [0.4, 0.5) is 0 Å². The van der Waals surface area contributed by atoms with Crippen molar-refractivity contribution < 1.29 is 21.0 Å². The van der Waals surface area contributed by atoms with E-state index in [2.05, 4.69) is 0 Å². The smallest absolute Gasteiger partial charge is 0.339 e. The van der Waals surface area contributed by atoms with Gasteiger partial charge in [-0.1, -0.05) is 38.1 Å². The van der Waals surface area contributed by atoms with Crippen LogP contribution >= 0.6 is 0 Å². The summed E-state index contributed by atoms with van der Waals surface area (Å²) >= 11 is 0. The molecule has 1 unspecified atom stereocenters. The van der Waals surface area contributed by atoms with Crippen molar-refractivity contribution in [2.45, 2.75) is 36.0 Å². The molecule has 0 amide bonds. The fourth-order valence-electron chi connectivity index (χ4n) is 2.21. The fraction of sp³-hybridized carbons (Fsp3) is 0.294. The maximum atomic E-state index is 12.5. The van der Waals surface area contributed by atoms with Crippen LogP contribution in [0.3, 0.4) is 0 Å². The summed E-state index contributed by atoms with van der Waals surface area (Å²) in [6.45, 7) is 3.99. The predicted molar refractivity (Wildman–Crippen MR) is 92.5 cm³/mol. The molecule has 0 spiro atoms. The number of hydrogen-bond acceptors (Lipinski definition) is 5. The number of hydrogen-bond donors (Lipinski definition) is 0. The molecular formula is C17H20O5S2. The number of para-hydroxylation sites is 1. The summed E-state index contributed by atoms with van der Waals surface area (Å²) in [5.74, 6) is 0.398. The maximum absolute atomic E-state index is 12.5. The second kappa shape index (κ2) is 6.94. The van der Waals surface area contributed by atoms with Gasteiger partial charge in [-0.2, -0.15) is 8.42 Å². The average molecular weight is 368 g/mol. The van der Waals surface area contributed by atoms with Gasteiger partial charge in [0.1, 0.15) is 10.6 Å². The Morgan fingerprint density at radius 1 is 0.958 bits per heavy atom. The summed E-state index contributed by atoms with van der Waals surface area (Å²) in [6.07, 6.45) is 1.86. The fourth-order valence-corrected chi connectivity index (χ4v) is 3.95. The van der Waals surface area contributed by atoms with Crippen molar-refractivity contribution in [2.24, 2.45) is 0 Å². The average Bonchev–Trinajstić information content (AvgIpc) is 2.53. The summed E-state index contributed by atoms with van der Waals surface area (Å²) in [7, 11) is -7.63. The molecule has 1 atom stereocenters. The molecule has 0 N–H and O–H groups in total. The molecule has 5 nitrogen and oxygen atoms in total. The van der Waals surface area contributed by atoms with Gasteiger partial charge >= 0.3 is 10.1 Å². The molecule has 0 aliphatic rings. The Hall–Kier alpha value is -1.86. The summed E-state index contributed by atoms with van der Waals surface area (Å²) in [6, 6.07) is 12.1. The van der Waals surface area contributed by atoms with Crippen LogP contribution in [-0.4, -0.2) is 23.1 Å². The zero-order chi connectivity index (χ0) is 18.0. The van der Waals surface area contributed by atoms with Crippen molar-refractivity contribution in [1.82, 2.24) is 0 Å². The van der Waals surface area contributed by atoms with Crippen molar-refractivity contribution in [3.05, 3.63) is 54.1 Å². The molecule has 0 heterocycles. The van der Waals surface area contributed by atoms with Crippen LogP contribution in [-0.2, 0) is 20.0 Å². The highest BCUT2D eigenvalue weighted by Crippen LogP contribution is 2.30. The Morgan fingerprint density at radius 2 is 1.58 bits per heavy atom. The van der Waals surface area contributed by atoms with Gasteiger partial charge < -0.3 is 4.18 Å². The van der Waals surface area contributed by atoms with Gasteiger partial charge in [0.2, 0.25) is 0 Å². The van der Waals surface area contributed by atoms with Crippen molar-refractivity contribution in [3.8, 4) is 5.75 Å². The van der Waals surface area contributed by atoms with Gasteiger partial charge in [0.05, 0.1) is 4.90 Å². The molecule has 0 radical (unpaired) electrons. The van der Waals surface area contributed by atoms with E-state index in [-0.39, 0.29) is 21.5 Å². The first-order chi connectivity index (χ1) is 11.1. The van der Waals surface area contributed by atoms with E-state index in [1.54, 1.807) is 12.1 Å². The number of rotatable bonds is 6. The molecule has 0 aromatic heterocycles. The third-order valence-electron chi connectivity index (χ3n) is 3.78. The topological polar surface area (TPSA) is 77.5 Å². The van der Waals surface area contributed by atoms with Crippen molar-refractivity contribution in [2.75, 3.05) is 6.26 Å². The van der Waals surface area contributed by atoms with E-state index in [1.807, 2.05) is 26.0 Å². The standard InChI is InChI=1S/C17H20O5S2/c1-4-13(2)16-10-5-6-11-17(16)22-24(20,21)15-9-7-8-14(12-15)23(3,18)19/h5-13H,4H2,1-3H3. The number of sulfone groups is 1. The molecule has 0 saturated heterocycles. The molecule has 7 heteroatoms. The first kappa shape index (κ1) is 18.5. The molecule has 0 bridgehead atoms. The van der Waals surface area contributed by atoms with E-state index in [1.165, 1.54) is 18.2 Å². The molecule has 24 heavy (non-hydrogen) atoms. The zero-order valence-electron chi connectivity index (χ0n) is 13.8. The van der Waals surface area contributed by atoms with Crippen LogP contribution in [0.1, 0.15) is 31.7 Å². The van der Waals surface area contributed by atoms with Crippen LogP contribution in [0, 0.1) is 0 Å². The van der Waals surface area contributed by atoms with E-state index >= 15 is 0 Å². The lowest BCUT2D eigenvalue weighted by Crippen LogP contribution is -2.12. The first-order valence-electron chi connectivity index (χ1n) is 7.48. The van der Waals surface area contributed by atoms with E-state index in [0.29, 0.717) is 0 Å². The second-order valence-corrected chi connectivity index (χ2v) is 9.19. The summed E-state index contributed by atoms with van der Waals surface area (Å²) in [5, 5.41) is 0. The molecule has 2 aromatic carbocycles. The first-order valence-corrected chi connectivity index (χ1v) is 10.8. The molecule has 0 fully saturated rings. The van der Waals surface area contributed by atoms with E-state index in [0.717, 1.165) is 24.3 Å². The van der Waals surface area contributed by atoms with Gasteiger partial charge in [-0.3, -0.25) is 0 Å². The lowest BCUT2D eigenvalue weighted by Gasteiger charge is -2.15. The van der Waals surface area contributed by atoms with Crippen molar-refractivity contribution in [3.63, 3.8) is 0 Å². The van der Waals surface area contributed by atoms with Crippen LogP contribution in [0.2, 0.25) is 0 Å². The Morgan fingerprint density at radius 3 is 2.21 bits per heavy atom. The number of benzene rings is 2. The molecule has 2 rings (SSSR count). The Bertz CT molecular complexity index is 931. The lowest BCUT2D eigenvalue weighted by molar-refractivity contribution is 0.479. The molecule has 0 aliphatic heterocycles. The van der Waals surface area contributed by atoms with Crippen LogP contribution < -0.4 is 4.18 Å². The van der Waals surface area contributed by atoms with Gasteiger partial charge in [0.25, 0.3) is 0 Å². The van der Waals surface area contributed by atoms with E-state index in [4.69, 9.17) is 4.18 Å². The van der Waals surface area contributed by atoms with E-state index < -0.39 is 20.0 Å². The Labute approximate surface area is 143 Å². The molecule has 0 aliphatic carbocycles. The highest BCUT2D eigenvalue weighted by Gasteiger charge is 2.21. The Kier molecular flexibility index (Phi) is 5.35. The van der Waals surface area contributed by atoms with Crippen LogP contribution in [0.15, 0.2) is 58.3 Å². The molecule has 130 valence electrons. The normalized spacial score (nSPS) is 13.5. The molecular weight excluding hydrogens is 348 g/mol. The second-order valence-electron chi connectivity index (χ2n) is 5.63. The SMILES string of the molecule is CCC(C)c1ccccc1OS(=O)(=O)c1cccc(S(C)(=O)=O)c1. The minimum absolute atomic E-state index is 0.0672. The monoisotopic (exact) mass is 368 g/mol. The minimum atomic E-state index is -4.12. The quantitative estimate of drug-likeness (QED) is 0.731. The zero-order valence-corrected chi connectivity index (χ0v) is 15.4. The third kappa shape index (κ3) is 4.15. The largest absolute Gasteiger partial charge is 0.379 e. The van der Waals surface area contributed by atoms with Crippen molar-refractivity contribution >= 4 is 20.0 Å². The minimum Gasteiger partial charge on any atom is -0.379 e. The predicted octanol–water partition coefficient (Wildman–Crippen LogP) is 3.37. The summed E-state index contributed by atoms with van der Waals surface area (Å²) in [5.41, 5.74) is 0.794. The van der Waals surface area contributed by atoms with E-state index in [9.17, 15) is 16.8 Å². The molecule has 2 aromatic rings. The highest BCUT2D eigenvalue weighted by atomic mass is 32.2. The lowest BCUT2D eigenvalue weighted by atomic mass is 9.98. The van der Waals surface area contributed by atoms with Gasteiger partial charge in [0.15, 0.2) is 9.84 Å². The Balaban J connectivity index is 2.44. The van der Waals surface area contributed by atoms with Gasteiger partial charge in [-0.05, 0) is 42.2 Å². The van der Waals surface area contributed by atoms with Crippen molar-refractivity contribution in [1.29, 1.82) is 0 Å².